The van der Waals surface area contributed by atoms with Crippen LogP contribution in [-0.4, -0.2) is 44.1 Å². The van der Waals surface area contributed by atoms with E-state index in [-0.39, 0.29) is 24.0 Å². The zero-order chi connectivity index (χ0) is 17.2. The summed E-state index contributed by atoms with van der Waals surface area (Å²) in [5.41, 5.74) is 1.33. The molecule has 2 N–H and O–H groups in total. The Labute approximate surface area is 167 Å². The van der Waals surface area contributed by atoms with Crippen molar-refractivity contribution in [1.82, 2.24) is 15.5 Å². The van der Waals surface area contributed by atoms with E-state index in [1.807, 2.05) is 18.2 Å². The van der Waals surface area contributed by atoms with Gasteiger partial charge in [0.25, 0.3) is 0 Å². The van der Waals surface area contributed by atoms with Crippen LogP contribution in [0.3, 0.4) is 0 Å². The van der Waals surface area contributed by atoms with Crippen molar-refractivity contribution in [3.05, 3.63) is 60.1 Å². The fourth-order valence-corrected chi connectivity index (χ4v) is 2.41. The normalized spacial score (nSPS) is 12.6. The van der Waals surface area contributed by atoms with Crippen LogP contribution in [0.5, 0.6) is 0 Å². The highest BCUT2D eigenvalue weighted by atomic mass is 127. The Morgan fingerprint density at radius 3 is 2.56 bits per heavy atom. The van der Waals surface area contributed by atoms with E-state index in [4.69, 9.17) is 4.42 Å². The number of benzene rings is 1. The van der Waals surface area contributed by atoms with Crippen LogP contribution < -0.4 is 10.6 Å². The number of guanidine groups is 1. The highest BCUT2D eigenvalue weighted by Crippen LogP contribution is 2.05. The van der Waals surface area contributed by atoms with Crippen LogP contribution in [0.25, 0.3) is 0 Å². The van der Waals surface area contributed by atoms with Crippen molar-refractivity contribution in [1.29, 1.82) is 0 Å². The fraction of sp³-hybridized carbons (Fsp3) is 0.421. The van der Waals surface area contributed by atoms with E-state index in [0.29, 0.717) is 6.04 Å². The Balaban J connectivity index is 0.00000312. The molecule has 138 valence electrons. The summed E-state index contributed by atoms with van der Waals surface area (Å²) < 4.78 is 5.33. The third kappa shape index (κ3) is 7.92. The maximum absolute atomic E-state index is 5.33. The van der Waals surface area contributed by atoms with Gasteiger partial charge in [0.15, 0.2) is 5.96 Å². The van der Waals surface area contributed by atoms with Gasteiger partial charge in [0.05, 0.1) is 6.26 Å². The van der Waals surface area contributed by atoms with E-state index in [0.717, 1.165) is 37.8 Å². The second-order valence-corrected chi connectivity index (χ2v) is 5.96. The molecule has 0 aliphatic rings. The number of likely N-dealkylation sites (N-methyl/N-ethyl adjacent to an activating group) is 1. The van der Waals surface area contributed by atoms with Crippen LogP contribution in [0, 0.1) is 0 Å². The summed E-state index contributed by atoms with van der Waals surface area (Å²) in [6, 6.07) is 14.8. The average molecular weight is 456 g/mol. The number of halogens is 1. The maximum Gasteiger partial charge on any atom is 0.191 e. The van der Waals surface area contributed by atoms with Gasteiger partial charge in [-0.05, 0) is 31.7 Å². The Hall–Kier alpha value is -1.54. The van der Waals surface area contributed by atoms with Gasteiger partial charge in [0, 0.05) is 39.1 Å². The Kier molecular flexibility index (Phi) is 10.3. The highest BCUT2D eigenvalue weighted by Gasteiger charge is 2.10. The molecule has 1 aromatic heterocycles. The summed E-state index contributed by atoms with van der Waals surface area (Å²) in [5.74, 6) is 1.80. The van der Waals surface area contributed by atoms with E-state index in [2.05, 4.69) is 58.8 Å². The fourth-order valence-electron chi connectivity index (χ4n) is 2.41. The minimum absolute atomic E-state index is 0. The minimum Gasteiger partial charge on any atom is -0.469 e. The van der Waals surface area contributed by atoms with Gasteiger partial charge in [0.2, 0.25) is 0 Å². The number of furan rings is 1. The van der Waals surface area contributed by atoms with Crippen LogP contribution in [0.4, 0.5) is 0 Å². The molecule has 0 saturated carbocycles. The monoisotopic (exact) mass is 456 g/mol. The first-order valence-electron chi connectivity index (χ1n) is 8.40. The molecule has 1 atom stereocenters. The first-order valence-corrected chi connectivity index (χ1v) is 8.40. The lowest BCUT2D eigenvalue weighted by molar-refractivity contribution is 0.249. The summed E-state index contributed by atoms with van der Waals surface area (Å²) >= 11 is 0. The van der Waals surface area contributed by atoms with Crippen molar-refractivity contribution in [3.63, 3.8) is 0 Å². The summed E-state index contributed by atoms with van der Waals surface area (Å²) in [5, 5.41) is 6.69. The molecule has 0 bridgehead atoms. The second-order valence-electron chi connectivity index (χ2n) is 5.96. The van der Waals surface area contributed by atoms with Crippen molar-refractivity contribution in [3.8, 4) is 0 Å². The largest absolute Gasteiger partial charge is 0.469 e. The lowest BCUT2D eigenvalue weighted by Crippen LogP contribution is -2.45. The van der Waals surface area contributed by atoms with Crippen LogP contribution in [0.2, 0.25) is 0 Å². The average Bonchev–Trinajstić information content (AvgIpc) is 3.12. The van der Waals surface area contributed by atoms with Gasteiger partial charge >= 0.3 is 0 Å². The molecule has 2 aromatic rings. The van der Waals surface area contributed by atoms with Crippen LogP contribution in [0.15, 0.2) is 58.1 Å². The predicted octanol–water partition coefficient (Wildman–Crippen LogP) is 3.13. The van der Waals surface area contributed by atoms with E-state index in [1.54, 1.807) is 13.3 Å². The van der Waals surface area contributed by atoms with Crippen molar-refractivity contribution in [2.24, 2.45) is 4.99 Å². The van der Waals surface area contributed by atoms with Gasteiger partial charge in [-0.2, -0.15) is 0 Å². The molecule has 5 nitrogen and oxygen atoms in total. The van der Waals surface area contributed by atoms with Gasteiger partial charge in [-0.1, -0.05) is 30.3 Å². The topological polar surface area (TPSA) is 52.8 Å². The predicted molar refractivity (Wildman–Crippen MR) is 115 cm³/mol. The summed E-state index contributed by atoms with van der Waals surface area (Å²) in [6.45, 7) is 4.78. The number of aliphatic imine (C=N–C) groups is 1. The van der Waals surface area contributed by atoms with Gasteiger partial charge in [-0.15, -0.1) is 24.0 Å². The standard InChI is InChI=1S/C19H28N4O.HI/c1-16(23(3)15-17-8-5-4-6-9-17)14-22-19(20-2)21-12-11-18-10-7-13-24-18;/h4-10,13,16H,11-12,14-15H2,1-3H3,(H2,20,21,22);1H. The van der Waals surface area contributed by atoms with E-state index < -0.39 is 0 Å². The van der Waals surface area contributed by atoms with Crippen molar-refractivity contribution in [2.75, 3.05) is 27.2 Å². The molecule has 0 aliphatic carbocycles. The molecule has 2 rings (SSSR count). The van der Waals surface area contributed by atoms with Gasteiger partial charge < -0.3 is 15.1 Å². The number of nitrogens with zero attached hydrogens (tertiary/aromatic N) is 2. The molecule has 0 radical (unpaired) electrons. The van der Waals surface area contributed by atoms with Gasteiger partial charge in [-0.25, -0.2) is 0 Å². The van der Waals surface area contributed by atoms with Crippen LogP contribution in [-0.2, 0) is 13.0 Å². The zero-order valence-electron chi connectivity index (χ0n) is 15.2. The molecule has 1 aromatic carbocycles. The lowest BCUT2D eigenvalue weighted by Gasteiger charge is -2.25. The van der Waals surface area contributed by atoms with Gasteiger partial charge in [-0.3, -0.25) is 9.89 Å². The third-order valence-corrected chi connectivity index (χ3v) is 4.06. The Morgan fingerprint density at radius 2 is 1.92 bits per heavy atom. The second kappa shape index (κ2) is 11.9. The van der Waals surface area contributed by atoms with Crippen molar-refractivity contribution in [2.45, 2.75) is 25.9 Å². The minimum atomic E-state index is 0. The number of hydrogen-bond donors (Lipinski definition) is 2. The first kappa shape index (κ1) is 21.5. The lowest BCUT2D eigenvalue weighted by atomic mass is 10.2. The van der Waals surface area contributed by atoms with Crippen molar-refractivity contribution < 1.29 is 4.42 Å². The Morgan fingerprint density at radius 1 is 1.16 bits per heavy atom. The summed E-state index contributed by atoms with van der Waals surface area (Å²) in [7, 11) is 3.94. The Bertz CT molecular complexity index is 601. The molecular formula is C19H29IN4O. The molecule has 1 unspecified atom stereocenters. The smallest absolute Gasteiger partial charge is 0.191 e. The molecule has 25 heavy (non-hydrogen) atoms. The molecular weight excluding hydrogens is 427 g/mol. The number of hydrogen-bond acceptors (Lipinski definition) is 3. The third-order valence-electron chi connectivity index (χ3n) is 4.06. The maximum atomic E-state index is 5.33. The van der Waals surface area contributed by atoms with E-state index >= 15 is 0 Å². The quantitative estimate of drug-likeness (QED) is 0.364. The van der Waals surface area contributed by atoms with Crippen molar-refractivity contribution >= 4 is 29.9 Å². The summed E-state index contributed by atoms with van der Waals surface area (Å²) in [6.07, 6.45) is 2.55. The SMILES string of the molecule is CN=C(NCCc1ccco1)NCC(C)N(C)Cc1ccccc1.I. The zero-order valence-corrected chi connectivity index (χ0v) is 17.6. The molecule has 1 heterocycles. The van der Waals surface area contributed by atoms with Crippen LogP contribution in [0.1, 0.15) is 18.2 Å². The summed E-state index contributed by atoms with van der Waals surface area (Å²) in [4.78, 5) is 6.60. The molecule has 0 spiro atoms. The molecule has 0 saturated heterocycles. The van der Waals surface area contributed by atoms with Gasteiger partial charge in [0.1, 0.15) is 5.76 Å². The molecule has 0 amide bonds. The molecule has 0 aliphatic heterocycles. The highest BCUT2D eigenvalue weighted by molar-refractivity contribution is 14.0. The van der Waals surface area contributed by atoms with E-state index in [9.17, 15) is 0 Å². The molecule has 0 fully saturated rings. The number of rotatable bonds is 8. The van der Waals surface area contributed by atoms with Crippen LogP contribution >= 0.6 is 24.0 Å². The number of nitrogens with one attached hydrogen (secondary N) is 2. The molecule has 6 heteroatoms. The van der Waals surface area contributed by atoms with E-state index in [1.165, 1.54) is 5.56 Å². The first-order chi connectivity index (χ1) is 11.7.